The zero-order valence-corrected chi connectivity index (χ0v) is 19.5. The van der Waals surface area contributed by atoms with Gasteiger partial charge in [0.05, 0.1) is 11.2 Å². The molecule has 2 bridgehead atoms. The van der Waals surface area contributed by atoms with Crippen LogP contribution < -0.4 is 4.74 Å². The van der Waals surface area contributed by atoms with Gasteiger partial charge in [-0.25, -0.2) is 9.97 Å². The third kappa shape index (κ3) is 4.36. The summed E-state index contributed by atoms with van der Waals surface area (Å²) in [5.74, 6) is 0.464. The highest BCUT2D eigenvalue weighted by atomic mass is 32.1. The lowest BCUT2D eigenvalue weighted by molar-refractivity contribution is -0.274. The Labute approximate surface area is 198 Å². The number of oxazole rings is 1. The number of halogens is 3. The van der Waals surface area contributed by atoms with E-state index >= 15 is 0 Å². The second-order valence-corrected chi connectivity index (χ2v) is 10.4. The van der Waals surface area contributed by atoms with Crippen molar-refractivity contribution in [3.8, 4) is 16.3 Å². The molecule has 1 aromatic carbocycles. The van der Waals surface area contributed by atoms with Crippen LogP contribution in [0.1, 0.15) is 51.0 Å². The number of nitrogens with zero attached hydrogens (tertiary/aromatic N) is 2. The third-order valence-electron chi connectivity index (χ3n) is 6.61. The monoisotopic (exact) mass is 491 g/mol. The lowest BCUT2D eigenvalue weighted by Gasteiger charge is -2.26. The number of benzene rings is 1. The number of aliphatic hydroxyl groups is 1. The summed E-state index contributed by atoms with van der Waals surface area (Å²) in [6.07, 6.45) is 4.15. The van der Waals surface area contributed by atoms with E-state index in [1.54, 1.807) is 17.7 Å². The number of hydrogen-bond acceptors (Lipinski definition) is 7. The highest BCUT2D eigenvalue weighted by molar-refractivity contribution is 7.13. The normalized spacial score (nSPS) is 23.4. The second kappa shape index (κ2) is 8.20. The summed E-state index contributed by atoms with van der Waals surface area (Å²) in [5, 5.41) is 21.1. The Kier molecular flexibility index (Phi) is 5.55. The van der Waals surface area contributed by atoms with Gasteiger partial charge in [0.2, 0.25) is 5.89 Å². The van der Waals surface area contributed by atoms with Crippen molar-refractivity contribution in [1.82, 2.24) is 9.97 Å². The molecule has 2 unspecified atom stereocenters. The molecule has 5 rings (SSSR count). The van der Waals surface area contributed by atoms with Crippen LogP contribution in [0.4, 0.5) is 13.2 Å². The van der Waals surface area contributed by atoms with Gasteiger partial charge >= 0.3 is 6.36 Å². The van der Waals surface area contributed by atoms with Crippen molar-refractivity contribution >= 4 is 34.2 Å². The van der Waals surface area contributed by atoms with E-state index in [0.717, 1.165) is 31.4 Å². The van der Waals surface area contributed by atoms with Crippen molar-refractivity contribution in [3.05, 3.63) is 35.2 Å². The molecule has 0 amide bonds. The van der Waals surface area contributed by atoms with Crippen molar-refractivity contribution in [2.75, 3.05) is 0 Å². The number of alkyl halides is 3. The van der Waals surface area contributed by atoms with Crippen molar-refractivity contribution in [2.24, 2.45) is 17.8 Å². The minimum Gasteiger partial charge on any atom is -0.436 e. The molecule has 0 saturated heterocycles. The molecule has 2 N–H and O–H groups in total. The molecule has 0 aliphatic heterocycles. The molecule has 2 aliphatic rings. The molecule has 2 aliphatic carbocycles. The largest absolute Gasteiger partial charge is 0.573 e. The van der Waals surface area contributed by atoms with E-state index in [2.05, 4.69) is 14.7 Å². The van der Waals surface area contributed by atoms with E-state index in [9.17, 15) is 18.3 Å². The molecule has 2 heterocycles. The molecule has 0 spiro atoms. The maximum atomic E-state index is 13.3. The van der Waals surface area contributed by atoms with Crippen LogP contribution in [0.5, 0.6) is 5.75 Å². The lowest BCUT2D eigenvalue weighted by atomic mass is 9.79. The number of allylic oxidation sites excluding steroid dienone is 1. The molecule has 2 atom stereocenters. The fourth-order valence-corrected chi connectivity index (χ4v) is 5.73. The number of nitrogens with one attached hydrogen (secondary N) is 1. The average molecular weight is 492 g/mol. The molecular weight excluding hydrogens is 467 g/mol. The average Bonchev–Trinajstić information content (AvgIpc) is 3.44. The Morgan fingerprint density at radius 2 is 1.94 bits per heavy atom. The molecule has 2 aromatic heterocycles. The first-order chi connectivity index (χ1) is 16.0. The van der Waals surface area contributed by atoms with Gasteiger partial charge in [-0.05, 0) is 69.4 Å². The zero-order valence-electron chi connectivity index (χ0n) is 18.6. The van der Waals surface area contributed by atoms with E-state index in [-0.39, 0.29) is 28.5 Å². The number of thiazole rings is 1. The molecule has 2 saturated carbocycles. The number of ether oxygens (including phenoxy) is 1. The van der Waals surface area contributed by atoms with E-state index in [1.807, 2.05) is 6.08 Å². The molecule has 10 heteroatoms. The zero-order chi connectivity index (χ0) is 24.3. The standard InChI is InChI=1S/C24H24F3N3O3S/c1-23(2,31)16-11-15(22-29-7-8-34-22)20-19(21(16)33-24(25,26)27)30-17(32-20)6-3-12-9-13-4-5-14(10-12)18(13)28/h3,6-8,11-14,28,31H,4-5,9-10H2,1-2H3/b6-3+,28-18?. The summed E-state index contributed by atoms with van der Waals surface area (Å²) >= 11 is 1.30. The van der Waals surface area contributed by atoms with Gasteiger partial charge in [0.25, 0.3) is 0 Å². The van der Waals surface area contributed by atoms with Gasteiger partial charge in [0.1, 0.15) is 5.01 Å². The van der Waals surface area contributed by atoms with E-state index in [4.69, 9.17) is 9.83 Å². The number of fused-ring (bicyclic) bond motifs is 3. The Morgan fingerprint density at radius 1 is 1.24 bits per heavy atom. The Bertz CT molecular complexity index is 1240. The van der Waals surface area contributed by atoms with Crippen LogP contribution in [0, 0.1) is 23.2 Å². The predicted octanol–water partition coefficient (Wildman–Crippen LogP) is 6.55. The highest BCUT2D eigenvalue weighted by Crippen LogP contribution is 2.45. The number of hydrogen-bond donors (Lipinski definition) is 2. The van der Waals surface area contributed by atoms with E-state index in [0.29, 0.717) is 22.4 Å². The lowest BCUT2D eigenvalue weighted by Crippen LogP contribution is -2.24. The fourth-order valence-electron chi connectivity index (χ4n) is 5.08. The van der Waals surface area contributed by atoms with Gasteiger partial charge in [0.15, 0.2) is 16.8 Å². The highest BCUT2D eigenvalue weighted by Gasteiger charge is 2.39. The maximum Gasteiger partial charge on any atom is 0.573 e. The van der Waals surface area contributed by atoms with Crippen LogP contribution in [0.2, 0.25) is 0 Å². The third-order valence-corrected chi connectivity index (χ3v) is 7.41. The van der Waals surface area contributed by atoms with Crippen LogP contribution in [0.25, 0.3) is 27.7 Å². The Balaban J connectivity index is 1.60. The van der Waals surface area contributed by atoms with E-state index < -0.39 is 17.7 Å². The van der Waals surface area contributed by atoms with E-state index in [1.165, 1.54) is 31.3 Å². The molecular formula is C24H24F3N3O3S. The maximum absolute atomic E-state index is 13.3. The minimum absolute atomic E-state index is 0.0614. The molecule has 34 heavy (non-hydrogen) atoms. The van der Waals surface area contributed by atoms with Gasteiger partial charge in [-0.15, -0.1) is 24.5 Å². The number of rotatable bonds is 5. The quantitative estimate of drug-likeness (QED) is 0.422. The van der Waals surface area contributed by atoms with Gasteiger partial charge in [-0.1, -0.05) is 6.08 Å². The first-order valence-electron chi connectivity index (χ1n) is 11.1. The summed E-state index contributed by atoms with van der Waals surface area (Å²) in [6, 6.07) is 1.42. The minimum atomic E-state index is -4.98. The van der Waals surface area contributed by atoms with Crippen molar-refractivity contribution in [3.63, 3.8) is 0 Å². The van der Waals surface area contributed by atoms with Crippen LogP contribution >= 0.6 is 11.3 Å². The van der Waals surface area contributed by atoms with Crippen molar-refractivity contribution in [1.29, 1.82) is 5.41 Å². The van der Waals surface area contributed by atoms with Gasteiger partial charge in [0, 0.05) is 22.9 Å². The van der Waals surface area contributed by atoms with Crippen LogP contribution in [0.15, 0.2) is 28.1 Å². The Hall–Kier alpha value is -2.72. The first kappa shape index (κ1) is 23.0. The summed E-state index contributed by atoms with van der Waals surface area (Å²) in [4.78, 5) is 8.61. The summed E-state index contributed by atoms with van der Waals surface area (Å²) in [5.41, 5.74) is -0.407. The SMILES string of the molecule is CC(C)(O)c1cc(-c2nccs2)c2oc(/C=C/C3CC4CCC(C3)C4=N)nc2c1OC(F)(F)F. The summed E-state index contributed by atoms with van der Waals surface area (Å²) in [6.45, 7) is 2.78. The second-order valence-electron chi connectivity index (χ2n) is 9.49. The summed E-state index contributed by atoms with van der Waals surface area (Å²) < 4.78 is 50.2. The Morgan fingerprint density at radius 3 is 2.53 bits per heavy atom. The molecule has 3 aromatic rings. The molecule has 0 radical (unpaired) electrons. The topological polar surface area (TPSA) is 92.2 Å². The van der Waals surface area contributed by atoms with Crippen LogP contribution in [-0.4, -0.2) is 27.1 Å². The molecule has 2 fully saturated rings. The van der Waals surface area contributed by atoms with Gasteiger partial charge < -0.3 is 19.7 Å². The number of aromatic nitrogens is 2. The van der Waals surface area contributed by atoms with Gasteiger partial charge in [-0.2, -0.15) is 0 Å². The fraction of sp³-hybridized carbons (Fsp3) is 0.458. The summed E-state index contributed by atoms with van der Waals surface area (Å²) in [7, 11) is 0. The van der Waals surface area contributed by atoms with Crippen molar-refractivity contribution < 1.29 is 27.4 Å². The smallest absolute Gasteiger partial charge is 0.436 e. The predicted molar refractivity (Wildman–Crippen MR) is 123 cm³/mol. The van der Waals surface area contributed by atoms with Crippen LogP contribution in [-0.2, 0) is 5.60 Å². The van der Waals surface area contributed by atoms with Crippen LogP contribution in [0.3, 0.4) is 0 Å². The first-order valence-corrected chi connectivity index (χ1v) is 12.0. The molecule has 180 valence electrons. The van der Waals surface area contributed by atoms with Gasteiger partial charge in [-0.3, -0.25) is 0 Å². The molecule has 6 nitrogen and oxygen atoms in total. The van der Waals surface area contributed by atoms with Crippen molar-refractivity contribution in [2.45, 2.75) is 51.5 Å².